The molecule has 0 aliphatic heterocycles. The molecule has 1 aromatic rings. The highest BCUT2D eigenvalue weighted by Gasteiger charge is 2.49. The van der Waals surface area contributed by atoms with Crippen LogP contribution in [0.5, 0.6) is 0 Å². The van der Waals surface area contributed by atoms with Crippen molar-refractivity contribution in [2.45, 2.75) is 39.2 Å². The Hall–Kier alpha value is -1.91. The van der Waals surface area contributed by atoms with Crippen LogP contribution in [-0.2, 0) is 4.79 Å². The second kappa shape index (κ2) is 5.13. The summed E-state index contributed by atoms with van der Waals surface area (Å²) in [6, 6.07) is 1.91. The summed E-state index contributed by atoms with van der Waals surface area (Å²) in [5, 5.41) is 12.1. The third-order valence-electron chi connectivity index (χ3n) is 5.09. The molecule has 2 saturated carbocycles. The van der Waals surface area contributed by atoms with Gasteiger partial charge in [0.05, 0.1) is 5.92 Å². The summed E-state index contributed by atoms with van der Waals surface area (Å²) in [4.78, 5) is 27.4. The third kappa shape index (κ3) is 2.52. The Morgan fingerprint density at radius 1 is 1.24 bits per heavy atom. The lowest BCUT2D eigenvalue weighted by atomic mass is 9.71. The first-order valence-electron chi connectivity index (χ1n) is 7.42. The van der Waals surface area contributed by atoms with Crippen molar-refractivity contribution in [1.82, 2.24) is 10.3 Å². The molecule has 5 heteroatoms. The monoisotopic (exact) mass is 288 g/mol. The van der Waals surface area contributed by atoms with Gasteiger partial charge in [0, 0.05) is 12.2 Å². The van der Waals surface area contributed by atoms with Crippen molar-refractivity contribution in [1.29, 1.82) is 0 Å². The summed E-state index contributed by atoms with van der Waals surface area (Å²) in [5.41, 5.74) is 2.55. The maximum Gasteiger partial charge on any atom is 0.306 e. The summed E-state index contributed by atoms with van der Waals surface area (Å²) in [6.45, 7) is 3.92. The maximum absolute atomic E-state index is 12.2. The van der Waals surface area contributed by atoms with Gasteiger partial charge in [-0.1, -0.05) is 0 Å². The summed E-state index contributed by atoms with van der Waals surface area (Å²) in [5.74, 6) is -0.307. The van der Waals surface area contributed by atoms with Gasteiger partial charge in [0.15, 0.2) is 0 Å². The number of carbonyl (C=O) groups is 2. The van der Waals surface area contributed by atoms with E-state index in [1.54, 1.807) is 12.3 Å². The standard InChI is InChI=1S/C16H20N2O3/c1-8-3-14(17-7-9(8)2)15(19)18-13-6-10-4-11(16(20)21)5-12(10)13/h3,7,10-13H,4-6H2,1-2H3,(H,18,19)(H,20,21)/t10-,11?,12-,13+/m0/s1. The highest BCUT2D eigenvalue weighted by molar-refractivity contribution is 5.92. The smallest absolute Gasteiger partial charge is 0.306 e. The molecular formula is C16H20N2O3. The summed E-state index contributed by atoms with van der Waals surface area (Å²) < 4.78 is 0. The predicted molar refractivity (Wildman–Crippen MR) is 76.9 cm³/mol. The van der Waals surface area contributed by atoms with Crippen molar-refractivity contribution < 1.29 is 14.7 Å². The molecule has 4 atom stereocenters. The first-order valence-corrected chi connectivity index (χ1v) is 7.42. The number of aliphatic carboxylic acids is 1. The van der Waals surface area contributed by atoms with Crippen molar-refractivity contribution >= 4 is 11.9 Å². The van der Waals surface area contributed by atoms with Gasteiger partial charge in [-0.05, 0) is 62.1 Å². The average molecular weight is 288 g/mol. The van der Waals surface area contributed by atoms with Gasteiger partial charge in [-0.3, -0.25) is 14.6 Å². The number of aryl methyl sites for hydroxylation is 2. The molecule has 2 N–H and O–H groups in total. The zero-order valence-corrected chi connectivity index (χ0v) is 12.3. The van der Waals surface area contributed by atoms with E-state index in [0.717, 1.165) is 24.0 Å². The maximum atomic E-state index is 12.2. The normalized spacial score (nSPS) is 30.4. The van der Waals surface area contributed by atoms with Crippen LogP contribution in [0.1, 0.15) is 40.9 Å². The molecule has 0 aromatic carbocycles. The molecule has 3 rings (SSSR count). The van der Waals surface area contributed by atoms with E-state index >= 15 is 0 Å². The fourth-order valence-electron chi connectivity index (χ4n) is 3.58. The van der Waals surface area contributed by atoms with Crippen LogP contribution in [0.25, 0.3) is 0 Å². The van der Waals surface area contributed by atoms with Gasteiger partial charge in [0.2, 0.25) is 0 Å². The van der Waals surface area contributed by atoms with E-state index in [9.17, 15) is 9.59 Å². The van der Waals surface area contributed by atoms with Crippen LogP contribution < -0.4 is 5.32 Å². The molecule has 21 heavy (non-hydrogen) atoms. The number of carboxylic acid groups (broad SMARTS) is 1. The molecule has 2 aliphatic carbocycles. The van der Waals surface area contributed by atoms with E-state index in [2.05, 4.69) is 10.3 Å². The molecule has 5 nitrogen and oxygen atoms in total. The van der Waals surface area contributed by atoms with Crippen molar-refractivity contribution in [3.8, 4) is 0 Å². The molecule has 1 unspecified atom stereocenters. The number of hydrogen-bond donors (Lipinski definition) is 2. The summed E-state index contributed by atoms with van der Waals surface area (Å²) in [7, 11) is 0. The Bertz CT molecular complexity index is 599. The van der Waals surface area contributed by atoms with Crippen molar-refractivity contribution in [2.75, 3.05) is 0 Å². The number of nitrogens with one attached hydrogen (secondary N) is 1. The second-order valence-corrected chi connectivity index (χ2v) is 6.40. The molecule has 0 bridgehead atoms. The minimum Gasteiger partial charge on any atom is -0.481 e. The summed E-state index contributed by atoms with van der Waals surface area (Å²) in [6.07, 6.45) is 4.05. The molecule has 1 amide bonds. The molecule has 1 heterocycles. The van der Waals surface area contributed by atoms with Gasteiger partial charge in [-0.2, -0.15) is 0 Å². The fourth-order valence-corrected chi connectivity index (χ4v) is 3.58. The Kier molecular flexibility index (Phi) is 3.43. The van der Waals surface area contributed by atoms with Crippen LogP contribution in [0, 0.1) is 31.6 Å². The largest absolute Gasteiger partial charge is 0.481 e. The SMILES string of the molecule is Cc1cnc(C(=O)N[C@@H]2C[C@@H]3CC(C(=O)O)C[C@@H]32)cc1C. The molecule has 2 aliphatic rings. The predicted octanol–water partition coefficient (Wildman–Crippen LogP) is 1.93. The fraction of sp³-hybridized carbons (Fsp3) is 0.562. The molecule has 0 radical (unpaired) electrons. The van der Waals surface area contributed by atoms with Gasteiger partial charge < -0.3 is 10.4 Å². The van der Waals surface area contributed by atoms with Crippen LogP contribution in [0.15, 0.2) is 12.3 Å². The van der Waals surface area contributed by atoms with E-state index in [4.69, 9.17) is 5.11 Å². The summed E-state index contributed by atoms with van der Waals surface area (Å²) >= 11 is 0. The zero-order chi connectivity index (χ0) is 15.1. The minimum atomic E-state index is -0.703. The minimum absolute atomic E-state index is 0.107. The van der Waals surface area contributed by atoms with Crippen LogP contribution in [0.4, 0.5) is 0 Å². The van der Waals surface area contributed by atoms with Crippen molar-refractivity contribution in [3.05, 3.63) is 29.1 Å². The Morgan fingerprint density at radius 2 is 2.00 bits per heavy atom. The number of nitrogens with zero attached hydrogens (tertiary/aromatic N) is 1. The molecule has 1 aromatic heterocycles. The lowest BCUT2D eigenvalue weighted by Crippen LogP contribution is -2.50. The van der Waals surface area contributed by atoms with Crippen LogP contribution in [0.3, 0.4) is 0 Å². The highest BCUT2D eigenvalue weighted by atomic mass is 16.4. The van der Waals surface area contributed by atoms with Crippen LogP contribution in [-0.4, -0.2) is 28.0 Å². The van der Waals surface area contributed by atoms with Crippen molar-refractivity contribution in [2.24, 2.45) is 17.8 Å². The molecule has 0 saturated heterocycles. The quantitative estimate of drug-likeness (QED) is 0.890. The number of carbonyl (C=O) groups excluding carboxylic acids is 1. The Balaban J connectivity index is 1.62. The number of fused-ring (bicyclic) bond motifs is 1. The number of aromatic nitrogens is 1. The van der Waals surface area contributed by atoms with Crippen molar-refractivity contribution in [3.63, 3.8) is 0 Å². The first-order chi connectivity index (χ1) is 9.95. The van der Waals surface area contributed by atoms with Gasteiger partial charge in [-0.15, -0.1) is 0 Å². The number of pyridine rings is 1. The Labute approximate surface area is 123 Å². The van der Waals surface area contributed by atoms with Crippen LogP contribution in [0.2, 0.25) is 0 Å². The third-order valence-corrected chi connectivity index (χ3v) is 5.09. The van der Waals surface area contributed by atoms with E-state index < -0.39 is 5.97 Å². The number of carboxylic acids is 1. The number of rotatable bonds is 3. The molecular weight excluding hydrogens is 268 g/mol. The van der Waals surface area contributed by atoms with Gasteiger partial charge in [-0.25, -0.2) is 0 Å². The van der Waals surface area contributed by atoms with E-state index in [1.807, 2.05) is 13.8 Å². The lowest BCUT2D eigenvalue weighted by Gasteiger charge is -2.40. The zero-order valence-electron chi connectivity index (χ0n) is 12.3. The van der Waals surface area contributed by atoms with E-state index in [1.165, 1.54) is 0 Å². The highest BCUT2D eigenvalue weighted by Crippen LogP contribution is 2.49. The van der Waals surface area contributed by atoms with E-state index in [-0.39, 0.29) is 17.9 Å². The number of amides is 1. The van der Waals surface area contributed by atoms with E-state index in [0.29, 0.717) is 24.0 Å². The van der Waals surface area contributed by atoms with Gasteiger partial charge in [0.25, 0.3) is 5.91 Å². The lowest BCUT2D eigenvalue weighted by molar-refractivity contribution is -0.141. The van der Waals surface area contributed by atoms with Gasteiger partial charge in [0.1, 0.15) is 5.69 Å². The first kappa shape index (κ1) is 14.0. The van der Waals surface area contributed by atoms with Crippen LogP contribution >= 0.6 is 0 Å². The van der Waals surface area contributed by atoms with Gasteiger partial charge >= 0.3 is 5.97 Å². The molecule has 112 valence electrons. The topological polar surface area (TPSA) is 79.3 Å². The molecule has 0 spiro atoms. The second-order valence-electron chi connectivity index (χ2n) is 6.40. The Morgan fingerprint density at radius 3 is 2.67 bits per heavy atom. The average Bonchev–Trinajstić information content (AvgIpc) is 2.76. The molecule has 2 fully saturated rings. The number of hydrogen-bond acceptors (Lipinski definition) is 3.